The summed E-state index contributed by atoms with van der Waals surface area (Å²) < 4.78 is 31.7. The van der Waals surface area contributed by atoms with Gasteiger partial charge in [0.05, 0.1) is 18.9 Å². The van der Waals surface area contributed by atoms with E-state index in [1.165, 1.54) is 29.2 Å². The summed E-state index contributed by atoms with van der Waals surface area (Å²) in [6.07, 6.45) is -1.09. The average molecular weight is 461 g/mol. The lowest BCUT2D eigenvalue weighted by Gasteiger charge is -2.11. The summed E-state index contributed by atoms with van der Waals surface area (Å²) in [6.45, 7) is 1.62. The number of hydrazone groups is 1. The summed E-state index contributed by atoms with van der Waals surface area (Å²) in [6, 6.07) is 8.77. The predicted octanol–water partition coefficient (Wildman–Crippen LogP) is 4.98. The maximum absolute atomic E-state index is 13.1. The average Bonchev–Trinajstić information content (AvgIpc) is 3.16. The number of nitrogens with one attached hydrogen (secondary N) is 1. The van der Waals surface area contributed by atoms with Gasteiger partial charge in [0.2, 0.25) is 5.13 Å². The number of alkyl halides is 2. The van der Waals surface area contributed by atoms with Gasteiger partial charge in [-0.3, -0.25) is 5.43 Å². The first kappa shape index (κ1) is 22.5. The minimum Gasteiger partial charge on any atom is -0.496 e. The fourth-order valence-electron chi connectivity index (χ4n) is 2.66. The van der Waals surface area contributed by atoms with E-state index >= 15 is 0 Å². The second kappa shape index (κ2) is 10.2. The highest BCUT2D eigenvalue weighted by molar-refractivity contribution is 7.98. The van der Waals surface area contributed by atoms with Gasteiger partial charge >= 0.3 is 0 Å². The summed E-state index contributed by atoms with van der Waals surface area (Å²) in [4.78, 5) is 8.03. The van der Waals surface area contributed by atoms with Crippen LogP contribution >= 0.6 is 23.1 Å². The number of aromatic nitrogens is 2. The van der Waals surface area contributed by atoms with E-state index in [0.29, 0.717) is 28.0 Å². The second-order valence-electron chi connectivity index (χ2n) is 6.26. The minimum atomic E-state index is -2.71. The molecule has 3 aromatic rings. The van der Waals surface area contributed by atoms with Crippen molar-refractivity contribution in [3.05, 3.63) is 57.6 Å². The molecule has 0 aliphatic heterocycles. The number of aryl methyl sites for hydroxylation is 1. The van der Waals surface area contributed by atoms with Gasteiger partial charge in [-0.25, -0.2) is 18.7 Å². The summed E-state index contributed by atoms with van der Waals surface area (Å²) in [5.74, 6) is 1.42. The molecule has 0 spiro atoms. The lowest BCUT2D eigenvalue weighted by Crippen LogP contribution is -1.99. The van der Waals surface area contributed by atoms with Crippen LogP contribution in [0.5, 0.6) is 5.75 Å². The molecule has 0 bridgehead atoms. The number of nitrogen functional groups attached to an aromatic ring is 1. The number of hydrogen-bond donors (Lipinski definition) is 2. The quantitative estimate of drug-likeness (QED) is 0.277. The molecule has 7 nitrogen and oxygen atoms in total. The summed E-state index contributed by atoms with van der Waals surface area (Å²) in [7, 11) is 1.55. The van der Waals surface area contributed by atoms with Gasteiger partial charge in [-0.1, -0.05) is 0 Å². The Balaban J connectivity index is 1.79. The first-order chi connectivity index (χ1) is 14.9. The van der Waals surface area contributed by atoms with Crippen molar-refractivity contribution < 1.29 is 13.5 Å². The van der Waals surface area contributed by atoms with Gasteiger partial charge in [0, 0.05) is 16.7 Å². The Morgan fingerprint density at radius 1 is 1.39 bits per heavy atom. The van der Waals surface area contributed by atoms with Crippen molar-refractivity contribution in [2.45, 2.75) is 24.1 Å². The van der Waals surface area contributed by atoms with Gasteiger partial charge < -0.3 is 10.5 Å². The highest BCUT2D eigenvalue weighted by Crippen LogP contribution is 2.32. The molecule has 0 saturated heterocycles. The third kappa shape index (κ3) is 5.68. The highest BCUT2D eigenvalue weighted by Gasteiger charge is 2.17. The standard InChI is InChI=1S/C20H18F2N6OS2/c1-11-5-15(18(21)22)26-19(14(11)7-23)30-9-13-6-12(3-4-16(13)29-2)8-25-28-20-27-17(24)10-31-20/h3-6,8,10,18H,9,24H2,1-2H3,(H,27,28). The minimum absolute atomic E-state index is 0.266. The van der Waals surface area contributed by atoms with Crippen molar-refractivity contribution in [3.8, 4) is 11.8 Å². The van der Waals surface area contributed by atoms with Crippen molar-refractivity contribution in [3.63, 3.8) is 0 Å². The van der Waals surface area contributed by atoms with Crippen molar-refractivity contribution >= 4 is 40.3 Å². The fraction of sp³-hybridized carbons (Fsp3) is 0.200. The normalized spacial score (nSPS) is 11.1. The first-order valence-electron chi connectivity index (χ1n) is 8.90. The van der Waals surface area contributed by atoms with E-state index in [4.69, 9.17) is 10.5 Å². The molecule has 0 aliphatic carbocycles. The zero-order valence-corrected chi connectivity index (χ0v) is 18.2. The smallest absolute Gasteiger partial charge is 0.280 e. The molecule has 1 aromatic carbocycles. The van der Waals surface area contributed by atoms with E-state index in [1.54, 1.807) is 31.7 Å². The topological polar surface area (TPSA) is 109 Å². The molecule has 0 aliphatic rings. The summed E-state index contributed by atoms with van der Waals surface area (Å²) in [5, 5.41) is 16.1. The number of thioether (sulfide) groups is 1. The Kier molecular flexibility index (Phi) is 7.38. The van der Waals surface area contributed by atoms with Gasteiger partial charge in [0.25, 0.3) is 6.43 Å². The molecule has 31 heavy (non-hydrogen) atoms. The number of benzene rings is 1. The van der Waals surface area contributed by atoms with E-state index in [2.05, 4.69) is 20.5 Å². The molecule has 160 valence electrons. The van der Waals surface area contributed by atoms with Crippen LogP contribution in [-0.4, -0.2) is 23.3 Å². The van der Waals surface area contributed by atoms with Crippen molar-refractivity contribution in [2.24, 2.45) is 5.10 Å². The number of nitrogens with zero attached hydrogens (tertiary/aromatic N) is 4. The largest absolute Gasteiger partial charge is 0.496 e. The Labute approximate surface area is 186 Å². The molecule has 0 saturated carbocycles. The molecule has 0 radical (unpaired) electrons. The highest BCUT2D eigenvalue weighted by atomic mass is 32.2. The molecular formula is C20H18F2N6OS2. The van der Waals surface area contributed by atoms with Crippen LogP contribution in [-0.2, 0) is 5.75 Å². The Hall–Kier alpha value is -3.23. The molecule has 2 heterocycles. The van der Waals surface area contributed by atoms with Gasteiger partial charge in [-0.15, -0.1) is 23.1 Å². The number of anilines is 2. The van der Waals surface area contributed by atoms with Crippen molar-refractivity contribution in [2.75, 3.05) is 18.3 Å². The molecule has 0 amide bonds. The van der Waals surface area contributed by atoms with Crippen LogP contribution in [0.1, 0.15) is 34.4 Å². The number of nitriles is 1. The lowest BCUT2D eigenvalue weighted by molar-refractivity contribution is 0.145. The number of methoxy groups -OCH3 is 1. The number of thiazole rings is 1. The Morgan fingerprint density at radius 2 is 2.19 bits per heavy atom. The Bertz CT molecular complexity index is 1140. The number of nitrogens with two attached hydrogens (primary N) is 1. The van der Waals surface area contributed by atoms with Gasteiger partial charge in [-0.2, -0.15) is 10.4 Å². The third-order valence-electron chi connectivity index (χ3n) is 4.10. The number of rotatable bonds is 8. The van der Waals surface area contributed by atoms with Gasteiger partial charge in [-0.05, 0) is 42.3 Å². The molecule has 3 N–H and O–H groups in total. The van der Waals surface area contributed by atoms with Crippen molar-refractivity contribution in [1.29, 1.82) is 5.26 Å². The van der Waals surface area contributed by atoms with E-state index in [1.807, 2.05) is 18.2 Å². The summed E-state index contributed by atoms with van der Waals surface area (Å²) >= 11 is 2.54. The van der Waals surface area contributed by atoms with Crippen LogP contribution in [0.4, 0.5) is 19.7 Å². The maximum Gasteiger partial charge on any atom is 0.280 e. The van der Waals surface area contributed by atoms with Crippen LogP contribution < -0.4 is 15.9 Å². The zero-order chi connectivity index (χ0) is 22.4. The Morgan fingerprint density at radius 3 is 2.84 bits per heavy atom. The fourth-order valence-corrected chi connectivity index (χ4v) is 4.24. The molecule has 0 unspecified atom stereocenters. The predicted molar refractivity (Wildman–Crippen MR) is 119 cm³/mol. The molecule has 3 rings (SSSR count). The number of hydrogen-bond acceptors (Lipinski definition) is 9. The third-order valence-corrected chi connectivity index (χ3v) is 5.89. The van der Waals surface area contributed by atoms with E-state index < -0.39 is 6.43 Å². The SMILES string of the molecule is COc1ccc(C=NNc2nc(N)cs2)cc1CSc1nc(C(F)F)cc(C)c1C#N. The summed E-state index contributed by atoms with van der Waals surface area (Å²) in [5.41, 5.74) is 10.4. The number of halogens is 2. The zero-order valence-electron chi connectivity index (χ0n) is 16.6. The van der Waals surface area contributed by atoms with Crippen LogP contribution in [0.3, 0.4) is 0 Å². The van der Waals surface area contributed by atoms with Gasteiger partial charge in [0.1, 0.15) is 28.4 Å². The maximum atomic E-state index is 13.1. The molecule has 0 fully saturated rings. The first-order valence-corrected chi connectivity index (χ1v) is 10.8. The van der Waals surface area contributed by atoms with Gasteiger partial charge in [0.15, 0.2) is 0 Å². The molecule has 0 atom stereocenters. The monoisotopic (exact) mass is 460 g/mol. The molecule has 2 aromatic heterocycles. The van der Waals surface area contributed by atoms with Crippen molar-refractivity contribution in [1.82, 2.24) is 9.97 Å². The second-order valence-corrected chi connectivity index (χ2v) is 8.09. The molecular weight excluding hydrogens is 442 g/mol. The van der Waals surface area contributed by atoms with E-state index in [0.717, 1.165) is 11.1 Å². The lowest BCUT2D eigenvalue weighted by atomic mass is 10.1. The van der Waals surface area contributed by atoms with Crippen LogP contribution in [0, 0.1) is 18.3 Å². The van der Waals surface area contributed by atoms with Crippen LogP contribution in [0.15, 0.2) is 39.8 Å². The van der Waals surface area contributed by atoms with E-state index in [-0.39, 0.29) is 16.3 Å². The number of pyridine rings is 1. The van der Waals surface area contributed by atoms with Crippen LogP contribution in [0.2, 0.25) is 0 Å². The van der Waals surface area contributed by atoms with E-state index in [9.17, 15) is 14.0 Å². The molecule has 11 heteroatoms. The number of ether oxygens (including phenoxy) is 1. The van der Waals surface area contributed by atoms with Crippen LogP contribution in [0.25, 0.3) is 0 Å².